The van der Waals surface area contributed by atoms with Crippen molar-refractivity contribution in [1.29, 1.82) is 5.41 Å². The van der Waals surface area contributed by atoms with Gasteiger partial charge in [0.25, 0.3) is 0 Å². The number of rotatable bonds is 0. The molecule has 0 bridgehead atoms. The van der Waals surface area contributed by atoms with Gasteiger partial charge in [-0.1, -0.05) is 11.6 Å². The summed E-state index contributed by atoms with van der Waals surface area (Å²) >= 11 is 5.31. The largest absolute Gasteiger partial charge is 0.417 e. The first-order valence-electron chi connectivity index (χ1n) is 3.49. The molecule has 3 N–H and O–H groups in total. The quantitative estimate of drug-likeness (QED) is 0.415. The van der Waals surface area contributed by atoms with Gasteiger partial charge in [0.05, 0.1) is 10.6 Å². The Balaban J connectivity index is 0.000000583. The van der Waals surface area contributed by atoms with Gasteiger partial charge in [-0.05, 0) is 18.2 Å². The molecule has 0 saturated carbocycles. The summed E-state index contributed by atoms with van der Waals surface area (Å²) < 4.78 is 36.3. The van der Waals surface area contributed by atoms with Gasteiger partial charge in [-0.25, -0.2) is 10.2 Å². The van der Waals surface area contributed by atoms with Crippen molar-refractivity contribution in [1.82, 2.24) is 0 Å². The van der Waals surface area contributed by atoms with E-state index in [0.717, 1.165) is 18.2 Å². The molecular formula is C8H6ClF3N2O. The van der Waals surface area contributed by atoms with Crippen LogP contribution in [0.3, 0.4) is 0 Å². The van der Waals surface area contributed by atoms with Crippen molar-refractivity contribution in [3.8, 4) is 0 Å². The average Bonchev–Trinajstić information content (AvgIpc) is 2.09. The molecule has 0 saturated heterocycles. The van der Waals surface area contributed by atoms with Crippen molar-refractivity contribution in [2.24, 2.45) is 0 Å². The summed E-state index contributed by atoms with van der Waals surface area (Å²) in [5.41, 5.74) is 4.31. The summed E-state index contributed by atoms with van der Waals surface area (Å²) in [6, 6.07) is 3.25. The van der Waals surface area contributed by atoms with Crippen LogP contribution in [0.5, 0.6) is 0 Å². The van der Waals surface area contributed by atoms with Crippen LogP contribution in [0.2, 0.25) is 5.02 Å². The third-order valence-corrected chi connectivity index (χ3v) is 1.63. The highest BCUT2D eigenvalue weighted by Crippen LogP contribution is 2.35. The Morgan fingerprint density at radius 1 is 1.40 bits per heavy atom. The van der Waals surface area contributed by atoms with Crippen LogP contribution >= 0.6 is 11.6 Å². The third kappa shape index (κ3) is 4.49. The first-order chi connectivity index (χ1) is 6.82. The minimum Gasteiger partial charge on any atom is -0.399 e. The van der Waals surface area contributed by atoms with Gasteiger partial charge < -0.3 is 5.73 Å². The molecule has 0 spiro atoms. The Bertz CT molecular complexity index is 373. The van der Waals surface area contributed by atoms with Crippen LogP contribution in [0.15, 0.2) is 18.2 Å². The zero-order valence-corrected chi connectivity index (χ0v) is 7.99. The predicted octanol–water partition coefficient (Wildman–Crippen LogP) is 2.84. The van der Waals surface area contributed by atoms with Gasteiger partial charge in [-0.3, -0.25) is 0 Å². The number of carbonyl (C=O) groups excluding carboxylic acids is 1. The highest BCUT2D eigenvalue weighted by Gasteiger charge is 2.33. The van der Waals surface area contributed by atoms with Crippen LogP contribution in [-0.2, 0) is 11.0 Å². The molecule has 1 rings (SSSR count). The molecule has 1 aromatic rings. The fourth-order valence-corrected chi connectivity index (χ4v) is 0.985. The first-order valence-corrected chi connectivity index (χ1v) is 3.86. The lowest BCUT2D eigenvalue weighted by molar-refractivity contribution is -0.137. The normalized spacial score (nSPS) is 9.87. The molecule has 0 fully saturated rings. The zero-order valence-electron chi connectivity index (χ0n) is 7.23. The molecule has 0 aromatic heterocycles. The van der Waals surface area contributed by atoms with E-state index in [4.69, 9.17) is 27.5 Å². The average molecular weight is 239 g/mol. The van der Waals surface area contributed by atoms with Gasteiger partial charge >= 0.3 is 6.18 Å². The summed E-state index contributed by atoms with van der Waals surface area (Å²) in [4.78, 5) is 8.35. The van der Waals surface area contributed by atoms with E-state index in [0.29, 0.717) is 0 Å². The molecule has 82 valence electrons. The third-order valence-electron chi connectivity index (χ3n) is 1.30. The topological polar surface area (TPSA) is 66.9 Å². The van der Waals surface area contributed by atoms with Crippen molar-refractivity contribution < 1.29 is 18.0 Å². The van der Waals surface area contributed by atoms with Crippen molar-refractivity contribution in [3.63, 3.8) is 0 Å². The van der Waals surface area contributed by atoms with E-state index in [1.54, 1.807) is 0 Å². The van der Waals surface area contributed by atoms with Crippen molar-refractivity contribution >= 4 is 23.4 Å². The van der Waals surface area contributed by atoms with Gasteiger partial charge in [0, 0.05) is 5.69 Å². The molecule has 0 unspecified atom stereocenters. The maximum Gasteiger partial charge on any atom is 0.417 e. The smallest absolute Gasteiger partial charge is 0.399 e. The molecule has 15 heavy (non-hydrogen) atoms. The highest BCUT2D eigenvalue weighted by molar-refractivity contribution is 6.31. The Morgan fingerprint density at radius 2 is 1.87 bits per heavy atom. The van der Waals surface area contributed by atoms with E-state index in [9.17, 15) is 13.2 Å². The Labute approximate surface area is 88.2 Å². The summed E-state index contributed by atoms with van der Waals surface area (Å²) in [6.07, 6.45) is -3.69. The highest BCUT2D eigenvalue weighted by atomic mass is 35.5. The lowest BCUT2D eigenvalue weighted by Crippen LogP contribution is -2.06. The molecule has 0 atom stereocenters. The van der Waals surface area contributed by atoms with Crippen LogP contribution in [0.1, 0.15) is 5.56 Å². The number of benzene rings is 1. The molecule has 0 amide bonds. The van der Waals surface area contributed by atoms with E-state index < -0.39 is 11.7 Å². The minimum absolute atomic E-state index is 0.0479. The van der Waals surface area contributed by atoms with Crippen LogP contribution < -0.4 is 5.73 Å². The van der Waals surface area contributed by atoms with Crippen molar-refractivity contribution in [2.75, 3.05) is 5.73 Å². The van der Waals surface area contributed by atoms with Crippen molar-refractivity contribution in [3.05, 3.63) is 28.8 Å². The number of hydrogen-bond acceptors (Lipinski definition) is 3. The fraction of sp³-hybridized carbons (Fsp3) is 0.125. The van der Waals surface area contributed by atoms with E-state index in [1.807, 2.05) is 0 Å². The van der Waals surface area contributed by atoms with Gasteiger partial charge in [0.1, 0.15) is 0 Å². The second kappa shape index (κ2) is 5.38. The van der Waals surface area contributed by atoms with E-state index in [-0.39, 0.29) is 10.7 Å². The molecule has 0 radical (unpaired) electrons. The number of alkyl halides is 3. The Morgan fingerprint density at radius 3 is 2.20 bits per heavy atom. The van der Waals surface area contributed by atoms with Gasteiger partial charge in [0.15, 0.2) is 0 Å². The standard InChI is InChI=1S/C7H5ClF3N.CHNO/c8-6-2-1-4(12)3-5(6)7(9,10)11;2-1-3/h1-3H,12H2;2H. The number of halogens is 4. The summed E-state index contributed by atoms with van der Waals surface area (Å²) in [7, 11) is 0. The van der Waals surface area contributed by atoms with Gasteiger partial charge in [0.2, 0.25) is 6.08 Å². The number of nitrogens with one attached hydrogen (secondary N) is 1. The molecule has 0 aliphatic carbocycles. The summed E-state index contributed by atoms with van der Waals surface area (Å²) in [5.74, 6) is 0. The predicted molar refractivity (Wildman–Crippen MR) is 49.3 cm³/mol. The molecule has 0 aliphatic heterocycles. The number of isocyanates is 1. The van der Waals surface area contributed by atoms with E-state index >= 15 is 0 Å². The number of nitrogen functional groups attached to an aromatic ring is 1. The molecule has 1 aromatic carbocycles. The second-order valence-corrected chi connectivity index (χ2v) is 2.75. The van der Waals surface area contributed by atoms with Gasteiger partial charge in [-0.15, -0.1) is 0 Å². The monoisotopic (exact) mass is 238 g/mol. The first kappa shape index (κ1) is 13.5. The SMILES string of the molecule is N=C=O.Nc1ccc(Cl)c(C(F)(F)F)c1. The van der Waals surface area contributed by atoms with Crippen LogP contribution in [-0.4, -0.2) is 6.08 Å². The van der Waals surface area contributed by atoms with Crippen LogP contribution in [0, 0.1) is 5.41 Å². The molecule has 0 heterocycles. The summed E-state index contributed by atoms with van der Waals surface area (Å²) in [6.45, 7) is 0. The molecular weight excluding hydrogens is 233 g/mol. The van der Waals surface area contributed by atoms with E-state index in [2.05, 4.69) is 0 Å². The molecule has 7 heteroatoms. The van der Waals surface area contributed by atoms with E-state index in [1.165, 1.54) is 6.07 Å². The van der Waals surface area contributed by atoms with Crippen LogP contribution in [0.25, 0.3) is 0 Å². The van der Waals surface area contributed by atoms with Crippen LogP contribution in [0.4, 0.5) is 18.9 Å². The molecule has 3 nitrogen and oxygen atoms in total. The maximum atomic E-state index is 12.1. The second-order valence-electron chi connectivity index (χ2n) is 2.34. The Kier molecular flexibility index (Phi) is 4.84. The lowest BCUT2D eigenvalue weighted by Gasteiger charge is -2.08. The fourth-order valence-electron chi connectivity index (χ4n) is 0.760. The number of nitrogens with two attached hydrogens (primary N) is 1. The number of hydrogen-bond donors (Lipinski definition) is 2. The maximum absolute atomic E-state index is 12.1. The zero-order chi connectivity index (χ0) is 12.1. The minimum atomic E-state index is -4.44. The lowest BCUT2D eigenvalue weighted by atomic mass is 10.2. The number of anilines is 1. The summed E-state index contributed by atoms with van der Waals surface area (Å²) in [5, 5.41) is 5.07. The van der Waals surface area contributed by atoms with Gasteiger partial charge in [-0.2, -0.15) is 13.2 Å². The molecule has 0 aliphatic rings. The Hall–Kier alpha value is -1.52. The van der Waals surface area contributed by atoms with Crippen molar-refractivity contribution in [2.45, 2.75) is 6.18 Å².